The number of benzene rings is 2. The Morgan fingerprint density at radius 2 is 1.52 bits per heavy atom. The number of thiazole rings is 1. The van der Waals surface area contributed by atoms with E-state index in [1.807, 2.05) is 46.2 Å². The minimum Gasteiger partial charge on any atom is -0.378 e. The standard InChI is InChI=1S/C33H37N5O3S/c39-30(36-11-13-41-14-12-36)26-7-5-25(6-8-26)27-21-42-32(34-27)38-10-9-37(28-3-1-2-4-29(28)38)31(40)35-33-18-22-15-23(19-33)17-24(16-22)20-33/h1-8,21-24H,9-20H2,(H,35,40). The SMILES string of the molecule is O=C(c1ccc(-c2csc(N3CCN(C(=O)NC45CC6CC(CC(C6)C4)C5)c4ccccc43)n2)cc1)N1CCOCC1. The molecule has 42 heavy (non-hydrogen) atoms. The molecule has 0 unspecified atom stereocenters. The summed E-state index contributed by atoms with van der Waals surface area (Å²) in [6.07, 6.45) is 7.54. The van der Waals surface area contributed by atoms with Gasteiger partial charge < -0.3 is 19.9 Å². The van der Waals surface area contributed by atoms with E-state index in [1.54, 1.807) is 11.3 Å². The van der Waals surface area contributed by atoms with Crippen LogP contribution in [0.4, 0.5) is 21.3 Å². The summed E-state index contributed by atoms with van der Waals surface area (Å²) in [4.78, 5) is 37.7. The molecule has 0 atom stereocenters. The summed E-state index contributed by atoms with van der Waals surface area (Å²) in [5, 5.41) is 6.55. The first-order valence-electron chi connectivity index (χ1n) is 15.4. The van der Waals surface area contributed by atoms with Crippen LogP contribution in [0.25, 0.3) is 11.3 Å². The Morgan fingerprint density at radius 1 is 0.857 bits per heavy atom. The Kier molecular flexibility index (Phi) is 6.48. The van der Waals surface area contributed by atoms with Crippen molar-refractivity contribution in [1.82, 2.24) is 15.2 Å². The summed E-state index contributed by atoms with van der Waals surface area (Å²) in [5.41, 5.74) is 4.50. The predicted molar refractivity (Wildman–Crippen MR) is 165 cm³/mol. The molecule has 4 saturated carbocycles. The van der Waals surface area contributed by atoms with Crippen LogP contribution in [0.2, 0.25) is 0 Å². The van der Waals surface area contributed by atoms with E-state index in [4.69, 9.17) is 9.72 Å². The van der Waals surface area contributed by atoms with E-state index in [0.29, 0.717) is 45.0 Å². The zero-order chi connectivity index (χ0) is 28.3. The van der Waals surface area contributed by atoms with Crippen LogP contribution in [0.3, 0.4) is 0 Å². The van der Waals surface area contributed by atoms with E-state index in [0.717, 1.165) is 64.8 Å². The third-order valence-corrected chi connectivity index (χ3v) is 11.0. The largest absolute Gasteiger partial charge is 0.378 e. The summed E-state index contributed by atoms with van der Waals surface area (Å²) in [6, 6.07) is 16.0. The number of amides is 3. The Labute approximate surface area is 250 Å². The summed E-state index contributed by atoms with van der Waals surface area (Å²) in [5.74, 6) is 2.43. The normalized spacial score (nSPS) is 28.1. The molecule has 1 saturated heterocycles. The molecule has 218 valence electrons. The summed E-state index contributed by atoms with van der Waals surface area (Å²) in [7, 11) is 0. The van der Waals surface area contributed by atoms with Gasteiger partial charge in [0.2, 0.25) is 0 Å². The van der Waals surface area contributed by atoms with Crippen molar-refractivity contribution >= 4 is 39.8 Å². The summed E-state index contributed by atoms with van der Waals surface area (Å²) in [6.45, 7) is 3.75. The fourth-order valence-corrected chi connectivity index (χ4v) is 9.46. The van der Waals surface area contributed by atoms with Gasteiger partial charge in [0.1, 0.15) is 0 Å². The van der Waals surface area contributed by atoms with Gasteiger partial charge in [-0.15, -0.1) is 11.3 Å². The maximum absolute atomic E-state index is 13.8. The highest BCUT2D eigenvalue weighted by atomic mass is 32.1. The zero-order valence-electron chi connectivity index (χ0n) is 23.8. The lowest BCUT2D eigenvalue weighted by atomic mass is 9.53. The molecule has 3 heterocycles. The minimum atomic E-state index is -0.00945. The van der Waals surface area contributed by atoms with Gasteiger partial charge in [0, 0.05) is 48.2 Å². The lowest BCUT2D eigenvalue weighted by Gasteiger charge is -2.57. The quantitative estimate of drug-likeness (QED) is 0.413. The number of urea groups is 1. The Balaban J connectivity index is 0.989. The van der Waals surface area contributed by atoms with Gasteiger partial charge in [0.05, 0.1) is 30.3 Å². The van der Waals surface area contributed by atoms with Crippen molar-refractivity contribution in [1.29, 1.82) is 0 Å². The van der Waals surface area contributed by atoms with Crippen LogP contribution in [-0.2, 0) is 4.74 Å². The fraction of sp³-hybridized carbons (Fsp3) is 0.485. The molecule has 6 aliphatic rings. The van der Waals surface area contributed by atoms with Gasteiger partial charge in [-0.3, -0.25) is 9.69 Å². The number of nitrogens with zero attached hydrogens (tertiary/aromatic N) is 4. The molecule has 9 rings (SSSR count). The molecular formula is C33H37N5O3S. The lowest BCUT2D eigenvalue weighted by molar-refractivity contribution is -0.0131. The summed E-state index contributed by atoms with van der Waals surface area (Å²) < 4.78 is 5.38. The second-order valence-electron chi connectivity index (χ2n) is 12.9. The van der Waals surface area contributed by atoms with Crippen LogP contribution in [0, 0.1) is 17.8 Å². The van der Waals surface area contributed by atoms with Crippen LogP contribution in [0.15, 0.2) is 53.9 Å². The van der Waals surface area contributed by atoms with Gasteiger partial charge >= 0.3 is 6.03 Å². The first-order valence-corrected chi connectivity index (χ1v) is 16.3. The van der Waals surface area contributed by atoms with Gasteiger partial charge in [0.25, 0.3) is 5.91 Å². The van der Waals surface area contributed by atoms with Crippen molar-refractivity contribution in [2.75, 3.05) is 49.2 Å². The Hall–Kier alpha value is -3.43. The van der Waals surface area contributed by atoms with Gasteiger partial charge in [-0.2, -0.15) is 0 Å². The smallest absolute Gasteiger partial charge is 0.322 e. The van der Waals surface area contributed by atoms with Gasteiger partial charge in [-0.25, -0.2) is 9.78 Å². The monoisotopic (exact) mass is 583 g/mol. The highest BCUT2D eigenvalue weighted by Crippen LogP contribution is 2.55. The predicted octanol–water partition coefficient (Wildman–Crippen LogP) is 5.92. The molecule has 2 aliphatic heterocycles. The molecule has 1 N–H and O–H groups in total. The van der Waals surface area contributed by atoms with E-state index in [1.165, 1.54) is 19.3 Å². The number of carbonyl (C=O) groups is 2. The molecule has 9 heteroatoms. The number of para-hydroxylation sites is 2. The molecule has 4 bridgehead atoms. The van der Waals surface area contributed by atoms with E-state index >= 15 is 0 Å². The number of hydrogen-bond acceptors (Lipinski definition) is 6. The van der Waals surface area contributed by atoms with E-state index in [-0.39, 0.29) is 17.5 Å². The minimum absolute atomic E-state index is 0.00945. The van der Waals surface area contributed by atoms with Crippen molar-refractivity contribution in [3.63, 3.8) is 0 Å². The van der Waals surface area contributed by atoms with E-state index in [9.17, 15) is 9.59 Å². The van der Waals surface area contributed by atoms with Gasteiger partial charge in [0.15, 0.2) is 5.13 Å². The topological polar surface area (TPSA) is 78.0 Å². The second-order valence-corrected chi connectivity index (χ2v) is 13.8. The average Bonchev–Trinajstić information content (AvgIpc) is 3.50. The van der Waals surface area contributed by atoms with Crippen LogP contribution in [0.1, 0.15) is 48.9 Å². The van der Waals surface area contributed by atoms with Crippen molar-refractivity contribution in [3.8, 4) is 11.3 Å². The van der Waals surface area contributed by atoms with Gasteiger partial charge in [-0.1, -0.05) is 24.3 Å². The Morgan fingerprint density at radius 3 is 2.21 bits per heavy atom. The molecule has 4 aliphatic carbocycles. The van der Waals surface area contributed by atoms with Crippen LogP contribution >= 0.6 is 11.3 Å². The van der Waals surface area contributed by atoms with Crippen molar-refractivity contribution in [3.05, 3.63) is 59.5 Å². The number of hydrogen-bond donors (Lipinski definition) is 1. The number of carbonyl (C=O) groups excluding carboxylic acids is 2. The number of ether oxygens (including phenoxy) is 1. The number of aromatic nitrogens is 1. The maximum Gasteiger partial charge on any atom is 0.322 e. The number of anilines is 3. The Bertz CT molecular complexity index is 1460. The molecule has 3 amide bonds. The third kappa shape index (κ3) is 4.67. The lowest BCUT2D eigenvalue weighted by Crippen LogP contribution is -2.62. The third-order valence-electron chi connectivity index (χ3n) is 10.1. The molecule has 5 fully saturated rings. The highest BCUT2D eigenvalue weighted by Gasteiger charge is 2.52. The molecule has 0 radical (unpaired) electrons. The molecule has 1 aromatic heterocycles. The van der Waals surface area contributed by atoms with Crippen LogP contribution in [0.5, 0.6) is 0 Å². The first kappa shape index (κ1) is 26.2. The molecule has 2 aromatic carbocycles. The van der Waals surface area contributed by atoms with Crippen molar-refractivity contribution in [2.24, 2.45) is 17.8 Å². The van der Waals surface area contributed by atoms with Crippen molar-refractivity contribution in [2.45, 2.75) is 44.1 Å². The molecule has 8 nitrogen and oxygen atoms in total. The van der Waals surface area contributed by atoms with E-state index in [2.05, 4.69) is 27.7 Å². The molecular weight excluding hydrogens is 546 g/mol. The van der Waals surface area contributed by atoms with Gasteiger partial charge in [-0.05, 0) is 80.5 Å². The summed E-state index contributed by atoms with van der Waals surface area (Å²) >= 11 is 1.61. The number of nitrogens with one attached hydrogen (secondary N) is 1. The first-order chi connectivity index (χ1) is 20.5. The maximum atomic E-state index is 13.8. The van der Waals surface area contributed by atoms with E-state index < -0.39 is 0 Å². The second kappa shape index (κ2) is 10.4. The van der Waals surface area contributed by atoms with Crippen LogP contribution in [-0.4, -0.2) is 66.8 Å². The molecule has 3 aromatic rings. The fourth-order valence-electron chi connectivity index (χ4n) is 8.58. The number of fused-ring (bicyclic) bond motifs is 1. The van der Waals surface area contributed by atoms with Crippen molar-refractivity contribution < 1.29 is 14.3 Å². The molecule has 0 spiro atoms. The highest BCUT2D eigenvalue weighted by molar-refractivity contribution is 7.14. The average molecular weight is 584 g/mol. The number of rotatable bonds is 4. The number of morpholine rings is 1. The zero-order valence-corrected chi connectivity index (χ0v) is 24.7. The van der Waals surface area contributed by atoms with Crippen LogP contribution < -0.4 is 15.1 Å².